The SMILES string of the molecule is CC(=O)c1cccc(-c2cccc(OC(N)(NC(N)=O)C(=O)N(CC(=O)N(C)c3ccccc3)C(C)=O)c2)c1. The van der Waals surface area contributed by atoms with Gasteiger partial charge in [-0.05, 0) is 48.4 Å². The quantitative estimate of drug-likeness (QED) is 0.281. The van der Waals surface area contributed by atoms with E-state index in [1.165, 1.54) is 31.0 Å². The van der Waals surface area contributed by atoms with Gasteiger partial charge < -0.3 is 15.4 Å². The van der Waals surface area contributed by atoms with E-state index in [-0.39, 0.29) is 11.5 Å². The number of Topliss-reactive ketones (excluding diaryl/α,β-unsaturated/α-hetero) is 1. The number of primary amides is 1. The first kappa shape index (κ1) is 28.5. The van der Waals surface area contributed by atoms with Gasteiger partial charge in [0.1, 0.15) is 12.3 Å². The predicted molar refractivity (Wildman–Crippen MR) is 144 cm³/mol. The number of nitrogens with two attached hydrogens (primary N) is 2. The molecule has 1 atom stereocenters. The topological polar surface area (TPSA) is 165 Å². The maximum atomic E-state index is 13.5. The number of rotatable bonds is 9. The third-order valence-electron chi connectivity index (χ3n) is 5.78. The molecule has 0 saturated carbocycles. The number of amides is 5. The molecule has 0 aliphatic carbocycles. The van der Waals surface area contributed by atoms with Crippen molar-refractivity contribution in [1.82, 2.24) is 10.2 Å². The Hall–Kier alpha value is -5.03. The Labute approximate surface area is 225 Å². The molecule has 11 heteroatoms. The molecule has 0 bridgehead atoms. The second-order valence-corrected chi connectivity index (χ2v) is 8.69. The zero-order valence-electron chi connectivity index (χ0n) is 21.7. The molecule has 0 spiro atoms. The molecule has 11 nitrogen and oxygen atoms in total. The van der Waals surface area contributed by atoms with E-state index in [2.05, 4.69) is 0 Å². The van der Waals surface area contributed by atoms with E-state index in [4.69, 9.17) is 16.2 Å². The van der Waals surface area contributed by atoms with Crippen molar-refractivity contribution in [3.05, 3.63) is 84.4 Å². The van der Waals surface area contributed by atoms with E-state index in [1.54, 1.807) is 66.7 Å². The fourth-order valence-electron chi connectivity index (χ4n) is 3.71. The highest BCUT2D eigenvalue weighted by atomic mass is 16.5. The van der Waals surface area contributed by atoms with Crippen molar-refractivity contribution >= 4 is 35.2 Å². The molecular formula is C28H29N5O6. The zero-order chi connectivity index (χ0) is 28.7. The number of anilines is 1. The minimum Gasteiger partial charge on any atom is -0.446 e. The smallest absolute Gasteiger partial charge is 0.321 e. The number of imide groups is 1. The lowest BCUT2D eigenvalue weighted by atomic mass is 10.0. The molecule has 39 heavy (non-hydrogen) atoms. The Balaban J connectivity index is 1.91. The van der Waals surface area contributed by atoms with Crippen molar-refractivity contribution in [3.8, 4) is 16.9 Å². The van der Waals surface area contributed by atoms with Crippen LogP contribution >= 0.6 is 0 Å². The van der Waals surface area contributed by atoms with Gasteiger partial charge in [0.15, 0.2) is 5.78 Å². The van der Waals surface area contributed by atoms with E-state index in [0.717, 1.165) is 6.92 Å². The van der Waals surface area contributed by atoms with Crippen molar-refractivity contribution in [2.24, 2.45) is 11.5 Å². The lowest BCUT2D eigenvalue weighted by Gasteiger charge is -2.33. The first-order valence-corrected chi connectivity index (χ1v) is 11.8. The van der Waals surface area contributed by atoms with Gasteiger partial charge in [-0.25, -0.2) is 4.79 Å². The number of urea groups is 1. The first-order chi connectivity index (χ1) is 18.4. The molecule has 0 heterocycles. The number of carbonyl (C=O) groups is 5. The average molecular weight is 532 g/mol. The monoisotopic (exact) mass is 531 g/mol. The summed E-state index contributed by atoms with van der Waals surface area (Å²) in [5.41, 5.74) is 13.8. The number of ether oxygens (including phenoxy) is 1. The summed E-state index contributed by atoms with van der Waals surface area (Å²) in [6, 6.07) is 20.6. The van der Waals surface area contributed by atoms with Crippen LogP contribution in [-0.2, 0) is 14.4 Å². The number of nitrogens with zero attached hydrogens (tertiary/aromatic N) is 2. The highest BCUT2D eigenvalue weighted by molar-refractivity contribution is 6.05. The van der Waals surface area contributed by atoms with Gasteiger partial charge in [-0.15, -0.1) is 0 Å². The number of benzene rings is 3. The summed E-state index contributed by atoms with van der Waals surface area (Å²) < 4.78 is 5.70. The maximum Gasteiger partial charge on any atom is 0.321 e. The summed E-state index contributed by atoms with van der Waals surface area (Å²) in [5, 5.41) is 2.04. The molecule has 0 saturated heterocycles. The highest BCUT2D eigenvalue weighted by Crippen LogP contribution is 2.26. The Morgan fingerprint density at radius 2 is 1.49 bits per heavy atom. The van der Waals surface area contributed by atoms with Crippen molar-refractivity contribution < 1.29 is 28.7 Å². The number of ketones is 1. The molecular weight excluding hydrogens is 502 g/mol. The van der Waals surface area contributed by atoms with Crippen LogP contribution in [0.2, 0.25) is 0 Å². The van der Waals surface area contributed by atoms with Crippen molar-refractivity contribution in [3.63, 3.8) is 0 Å². The van der Waals surface area contributed by atoms with Crippen LogP contribution in [0.5, 0.6) is 5.75 Å². The van der Waals surface area contributed by atoms with Crippen LogP contribution in [0, 0.1) is 0 Å². The number of carbonyl (C=O) groups excluding carboxylic acids is 5. The number of para-hydroxylation sites is 1. The third-order valence-corrected chi connectivity index (χ3v) is 5.78. The van der Waals surface area contributed by atoms with Crippen LogP contribution in [0.4, 0.5) is 10.5 Å². The van der Waals surface area contributed by atoms with Crippen LogP contribution in [0.15, 0.2) is 78.9 Å². The number of likely N-dealkylation sites (N-methyl/N-ethyl adjacent to an activating group) is 1. The molecule has 3 aromatic carbocycles. The minimum absolute atomic E-state index is 0.0431. The largest absolute Gasteiger partial charge is 0.446 e. The Bertz CT molecular complexity index is 1410. The molecule has 3 aromatic rings. The fraction of sp³-hybridized carbons (Fsp3) is 0.179. The van der Waals surface area contributed by atoms with E-state index in [1.807, 2.05) is 5.32 Å². The van der Waals surface area contributed by atoms with Crippen molar-refractivity contribution in [2.45, 2.75) is 19.7 Å². The second-order valence-electron chi connectivity index (χ2n) is 8.69. The van der Waals surface area contributed by atoms with Gasteiger partial charge in [0.2, 0.25) is 11.8 Å². The fourth-order valence-corrected chi connectivity index (χ4v) is 3.71. The molecule has 3 rings (SSSR count). The third kappa shape index (κ3) is 7.05. The molecule has 202 valence electrons. The maximum absolute atomic E-state index is 13.5. The normalized spacial score (nSPS) is 12.0. The molecule has 0 aliphatic rings. The average Bonchev–Trinajstić information content (AvgIpc) is 2.90. The van der Waals surface area contributed by atoms with Crippen LogP contribution in [-0.4, -0.2) is 53.9 Å². The molecule has 0 aromatic heterocycles. The summed E-state index contributed by atoms with van der Waals surface area (Å²) in [4.78, 5) is 64.3. The summed E-state index contributed by atoms with van der Waals surface area (Å²) in [6.07, 6.45) is 0. The van der Waals surface area contributed by atoms with Gasteiger partial charge >= 0.3 is 17.8 Å². The summed E-state index contributed by atoms with van der Waals surface area (Å²) in [7, 11) is 1.49. The van der Waals surface area contributed by atoms with Gasteiger partial charge in [0.05, 0.1) is 0 Å². The van der Waals surface area contributed by atoms with Gasteiger partial charge in [-0.1, -0.05) is 48.5 Å². The van der Waals surface area contributed by atoms with Gasteiger partial charge in [-0.3, -0.25) is 35.1 Å². The number of hydrogen-bond acceptors (Lipinski definition) is 7. The van der Waals surface area contributed by atoms with E-state index >= 15 is 0 Å². The standard InChI is InChI=1S/C28H29N5O6/c1-18(34)20-9-7-10-21(15-20)22-11-8-14-24(16-22)39-28(30,31-27(29)38)26(37)33(19(2)35)17-25(36)32(3)23-12-5-4-6-13-23/h4-16H,17,30H2,1-3H3,(H3,29,31,38). The van der Waals surface area contributed by atoms with Crippen molar-refractivity contribution in [1.29, 1.82) is 0 Å². The Kier molecular flexibility index (Phi) is 8.79. The second kappa shape index (κ2) is 12.0. The molecule has 0 aliphatic heterocycles. The predicted octanol–water partition coefficient (Wildman–Crippen LogP) is 2.25. The van der Waals surface area contributed by atoms with Crippen LogP contribution in [0.1, 0.15) is 24.2 Å². The van der Waals surface area contributed by atoms with E-state index in [9.17, 15) is 24.0 Å². The first-order valence-electron chi connectivity index (χ1n) is 11.8. The van der Waals surface area contributed by atoms with Crippen LogP contribution in [0.3, 0.4) is 0 Å². The van der Waals surface area contributed by atoms with Crippen LogP contribution in [0.25, 0.3) is 11.1 Å². The summed E-state index contributed by atoms with van der Waals surface area (Å²) in [6.45, 7) is 1.84. The summed E-state index contributed by atoms with van der Waals surface area (Å²) in [5.74, 6) is -5.33. The van der Waals surface area contributed by atoms with E-state index < -0.39 is 36.1 Å². The van der Waals surface area contributed by atoms with Crippen LogP contribution < -0.4 is 26.4 Å². The lowest BCUT2D eigenvalue weighted by molar-refractivity contribution is -0.158. The van der Waals surface area contributed by atoms with Gasteiger partial charge in [0.25, 0.3) is 0 Å². The summed E-state index contributed by atoms with van der Waals surface area (Å²) >= 11 is 0. The lowest BCUT2D eigenvalue weighted by Crippen LogP contribution is -2.71. The Morgan fingerprint density at radius 1 is 0.872 bits per heavy atom. The Morgan fingerprint density at radius 3 is 2.08 bits per heavy atom. The minimum atomic E-state index is -2.64. The van der Waals surface area contributed by atoms with Gasteiger partial charge in [0, 0.05) is 25.2 Å². The van der Waals surface area contributed by atoms with E-state index in [0.29, 0.717) is 27.3 Å². The zero-order valence-corrected chi connectivity index (χ0v) is 21.7. The van der Waals surface area contributed by atoms with Crippen molar-refractivity contribution in [2.75, 3.05) is 18.5 Å². The molecule has 5 N–H and O–H groups in total. The molecule has 0 fully saturated rings. The molecule has 1 unspecified atom stereocenters. The molecule has 5 amide bonds. The number of nitrogens with one attached hydrogen (secondary N) is 1. The van der Waals surface area contributed by atoms with Gasteiger partial charge in [-0.2, -0.15) is 0 Å². The molecule has 0 radical (unpaired) electrons. The number of hydrogen-bond donors (Lipinski definition) is 3. The highest BCUT2D eigenvalue weighted by Gasteiger charge is 2.44.